The number of aliphatic hydroxyl groups is 2. The van der Waals surface area contributed by atoms with Crippen LogP contribution in [0.3, 0.4) is 0 Å². The minimum atomic E-state index is -1.04. The van der Waals surface area contributed by atoms with E-state index in [4.69, 9.17) is 25.4 Å². The highest BCUT2D eigenvalue weighted by Gasteiger charge is 2.10. The van der Waals surface area contributed by atoms with Gasteiger partial charge in [0.05, 0.1) is 13.2 Å². The molecule has 0 saturated carbocycles. The molecule has 1 rings (SSSR count). The first-order valence-electron chi connectivity index (χ1n) is 6.59. The number of ether oxygens (including phenoxy) is 2. The molecule has 22 heavy (non-hydrogen) atoms. The van der Waals surface area contributed by atoms with Crippen LogP contribution in [0.25, 0.3) is 0 Å². The monoisotopic (exact) mass is 335 g/mol. The molecule has 0 aromatic heterocycles. The summed E-state index contributed by atoms with van der Waals surface area (Å²) in [5, 5.41) is 26.5. The summed E-state index contributed by atoms with van der Waals surface area (Å²) in [4.78, 5) is 10.5. The molecular formula is C14H22ClNO6. The summed E-state index contributed by atoms with van der Waals surface area (Å²) in [6.07, 6.45) is -0.670. The molecule has 2 atom stereocenters. The minimum Gasteiger partial charge on any atom is -0.491 e. The van der Waals surface area contributed by atoms with Crippen LogP contribution in [0.2, 0.25) is 0 Å². The van der Waals surface area contributed by atoms with E-state index >= 15 is 0 Å². The lowest BCUT2D eigenvalue weighted by Gasteiger charge is -2.11. The number of carbonyl (C=O) groups is 1. The van der Waals surface area contributed by atoms with E-state index in [0.29, 0.717) is 12.4 Å². The van der Waals surface area contributed by atoms with Crippen molar-refractivity contribution in [1.29, 1.82) is 0 Å². The zero-order valence-corrected chi connectivity index (χ0v) is 12.9. The molecule has 0 spiro atoms. The Labute approximate surface area is 135 Å². The molecule has 0 fully saturated rings. The van der Waals surface area contributed by atoms with Crippen molar-refractivity contribution < 1.29 is 29.6 Å². The Kier molecular flexibility index (Phi) is 10.5. The molecule has 5 N–H and O–H groups in total. The van der Waals surface area contributed by atoms with E-state index in [9.17, 15) is 9.90 Å². The van der Waals surface area contributed by atoms with E-state index < -0.39 is 18.1 Å². The zero-order valence-electron chi connectivity index (χ0n) is 12.1. The van der Waals surface area contributed by atoms with Gasteiger partial charge in [0, 0.05) is 6.61 Å². The highest BCUT2D eigenvalue weighted by Crippen LogP contribution is 2.14. The fourth-order valence-corrected chi connectivity index (χ4v) is 1.49. The summed E-state index contributed by atoms with van der Waals surface area (Å²) in [5.74, 6) is -0.484. The molecule has 0 heterocycles. The molecule has 7 nitrogen and oxygen atoms in total. The maximum Gasteiger partial charge on any atom is 0.320 e. The number of nitrogens with two attached hydrogens (primary N) is 1. The Morgan fingerprint density at radius 1 is 1.36 bits per heavy atom. The van der Waals surface area contributed by atoms with Crippen molar-refractivity contribution >= 4 is 18.4 Å². The molecule has 0 aliphatic carbocycles. The Morgan fingerprint density at radius 3 is 2.73 bits per heavy atom. The summed E-state index contributed by atoms with van der Waals surface area (Å²) in [7, 11) is 0. The Hall–Kier alpha value is -1.38. The molecule has 0 saturated heterocycles. The lowest BCUT2D eigenvalue weighted by atomic mass is 10.2. The van der Waals surface area contributed by atoms with Crippen molar-refractivity contribution in [2.45, 2.75) is 25.2 Å². The van der Waals surface area contributed by atoms with Crippen molar-refractivity contribution in [2.24, 2.45) is 5.73 Å². The minimum absolute atomic E-state index is 0. The molecule has 1 aromatic carbocycles. The number of halogens is 1. The van der Waals surface area contributed by atoms with Crippen molar-refractivity contribution in [3.8, 4) is 5.75 Å². The maximum atomic E-state index is 10.5. The molecule has 8 heteroatoms. The van der Waals surface area contributed by atoms with Gasteiger partial charge in [-0.15, -0.1) is 12.4 Å². The highest BCUT2D eigenvalue weighted by atomic mass is 35.5. The van der Waals surface area contributed by atoms with Crippen LogP contribution < -0.4 is 10.5 Å². The number of rotatable bonds is 10. The van der Waals surface area contributed by atoms with Gasteiger partial charge in [-0.25, -0.2) is 0 Å². The fourth-order valence-electron chi connectivity index (χ4n) is 1.49. The predicted octanol–water partition coefficient (Wildman–Crippen LogP) is 0.159. The molecule has 0 radical (unpaired) electrons. The normalized spacial score (nSPS) is 13.0. The average molecular weight is 336 g/mol. The number of carboxylic acids is 1. The molecule has 126 valence electrons. The first kappa shape index (κ1) is 20.6. The lowest BCUT2D eigenvalue weighted by Crippen LogP contribution is -2.31. The first-order valence-corrected chi connectivity index (χ1v) is 6.59. The van der Waals surface area contributed by atoms with Crippen LogP contribution in [0.1, 0.15) is 12.0 Å². The van der Waals surface area contributed by atoms with Gasteiger partial charge in [0.1, 0.15) is 24.5 Å². The van der Waals surface area contributed by atoms with E-state index in [1.165, 1.54) is 0 Å². The van der Waals surface area contributed by atoms with Crippen LogP contribution in [0.5, 0.6) is 5.75 Å². The Bertz CT molecular complexity index is 445. The standard InChI is InChI=1S/C14H21NO6.ClH/c15-13(14(18)19)4-5-20-8-10-2-1-3-12(6-10)21-9-11(17)7-16;/h1-3,6,11,13,16-17H,4-5,7-9,15H2,(H,18,19);1H. The Morgan fingerprint density at radius 2 is 2.09 bits per heavy atom. The van der Waals surface area contributed by atoms with Gasteiger partial charge < -0.3 is 30.5 Å². The second kappa shape index (κ2) is 11.2. The summed E-state index contributed by atoms with van der Waals surface area (Å²) >= 11 is 0. The molecule has 1 aromatic rings. The van der Waals surface area contributed by atoms with Crippen molar-refractivity contribution in [1.82, 2.24) is 0 Å². The van der Waals surface area contributed by atoms with Crippen LogP contribution in [0.15, 0.2) is 24.3 Å². The van der Waals surface area contributed by atoms with Gasteiger partial charge in [-0.05, 0) is 24.1 Å². The second-order valence-corrected chi connectivity index (χ2v) is 4.58. The third-order valence-corrected chi connectivity index (χ3v) is 2.71. The van der Waals surface area contributed by atoms with Gasteiger partial charge in [-0.1, -0.05) is 12.1 Å². The van der Waals surface area contributed by atoms with Crippen LogP contribution >= 0.6 is 12.4 Å². The topological polar surface area (TPSA) is 122 Å². The van der Waals surface area contributed by atoms with E-state index in [2.05, 4.69) is 0 Å². The molecule has 0 aliphatic heterocycles. The number of hydrogen-bond donors (Lipinski definition) is 4. The zero-order chi connectivity index (χ0) is 15.7. The average Bonchev–Trinajstić information content (AvgIpc) is 2.49. The van der Waals surface area contributed by atoms with Gasteiger partial charge in [0.15, 0.2) is 0 Å². The van der Waals surface area contributed by atoms with E-state index in [-0.39, 0.29) is 38.6 Å². The first-order chi connectivity index (χ1) is 10.0. The Balaban J connectivity index is 0.00000441. The highest BCUT2D eigenvalue weighted by molar-refractivity contribution is 5.85. The molecule has 0 aliphatic rings. The molecular weight excluding hydrogens is 314 g/mol. The fraction of sp³-hybridized carbons (Fsp3) is 0.500. The maximum absolute atomic E-state index is 10.5. The number of aliphatic hydroxyl groups excluding tert-OH is 2. The van der Waals surface area contributed by atoms with Gasteiger partial charge in [0.2, 0.25) is 0 Å². The number of hydrogen-bond acceptors (Lipinski definition) is 6. The van der Waals surface area contributed by atoms with Gasteiger partial charge in [-0.3, -0.25) is 4.79 Å². The largest absolute Gasteiger partial charge is 0.491 e. The van der Waals surface area contributed by atoms with Crippen molar-refractivity contribution in [2.75, 3.05) is 19.8 Å². The molecule has 0 amide bonds. The van der Waals surface area contributed by atoms with E-state index in [0.717, 1.165) is 5.56 Å². The SMILES string of the molecule is Cl.NC(CCOCc1cccc(OCC(O)CO)c1)C(=O)O. The van der Waals surface area contributed by atoms with Gasteiger partial charge >= 0.3 is 5.97 Å². The lowest BCUT2D eigenvalue weighted by molar-refractivity contribution is -0.139. The van der Waals surface area contributed by atoms with E-state index in [1.54, 1.807) is 18.2 Å². The van der Waals surface area contributed by atoms with E-state index in [1.807, 2.05) is 6.07 Å². The van der Waals surface area contributed by atoms with Crippen molar-refractivity contribution in [3.63, 3.8) is 0 Å². The number of aliphatic carboxylic acids is 1. The van der Waals surface area contributed by atoms with Crippen LogP contribution in [-0.4, -0.2) is 53.3 Å². The van der Waals surface area contributed by atoms with Crippen LogP contribution in [-0.2, 0) is 16.1 Å². The summed E-state index contributed by atoms with van der Waals surface area (Å²) < 4.78 is 10.7. The van der Waals surface area contributed by atoms with Crippen molar-refractivity contribution in [3.05, 3.63) is 29.8 Å². The smallest absolute Gasteiger partial charge is 0.320 e. The summed E-state index contributed by atoms with van der Waals surface area (Å²) in [6, 6.07) is 6.18. The van der Waals surface area contributed by atoms with Crippen LogP contribution in [0.4, 0.5) is 0 Å². The molecule has 0 bridgehead atoms. The number of carboxylic acid groups (broad SMARTS) is 1. The van der Waals surface area contributed by atoms with Gasteiger partial charge in [-0.2, -0.15) is 0 Å². The third-order valence-electron chi connectivity index (χ3n) is 2.71. The number of benzene rings is 1. The summed E-state index contributed by atoms with van der Waals surface area (Å²) in [5.41, 5.74) is 6.21. The molecule has 2 unspecified atom stereocenters. The van der Waals surface area contributed by atoms with Crippen LogP contribution in [0, 0.1) is 0 Å². The van der Waals surface area contributed by atoms with Gasteiger partial charge in [0.25, 0.3) is 0 Å². The summed E-state index contributed by atoms with van der Waals surface area (Å²) in [6.45, 7) is 0.217. The predicted molar refractivity (Wildman–Crippen MR) is 82.2 cm³/mol. The second-order valence-electron chi connectivity index (χ2n) is 4.58. The quantitative estimate of drug-likeness (QED) is 0.449. The third kappa shape index (κ3) is 8.16.